The average molecular weight is 473 g/mol. The van der Waals surface area contributed by atoms with Gasteiger partial charge in [0.2, 0.25) is 0 Å². The van der Waals surface area contributed by atoms with Crippen molar-refractivity contribution in [3.05, 3.63) is 11.6 Å². The molecule has 34 heavy (non-hydrogen) atoms. The van der Waals surface area contributed by atoms with Crippen molar-refractivity contribution < 1.29 is 14.6 Å². The second-order valence-corrected chi connectivity index (χ2v) is 14.8. The molecule has 1 saturated heterocycles. The van der Waals surface area contributed by atoms with Crippen LogP contribution in [0.25, 0.3) is 0 Å². The minimum Gasteiger partial charge on any atom is -0.390 e. The smallest absolute Gasteiger partial charge is 0.0613 e. The van der Waals surface area contributed by atoms with Gasteiger partial charge < -0.3 is 14.6 Å². The minimum absolute atomic E-state index is 0.254. The molecule has 0 aromatic carbocycles. The Balaban J connectivity index is 1.25. The molecule has 1 N–H and O–H groups in total. The van der Waals surface area contributed by atoms with E-state index in [1.165, 1.54) is 51.4 Å². The van der Waals surface area contributed by atoms with Gasteiger partial charge in [0.05, 0.1) is 31.5 Å². The molecule has 0 radical (unpaired) electrons. The van der Waals surface area contributed by atoms with Gasteiger partial charge in [-0.1, -0.05) is 39.3 Å². The summed E-state index contributed by atoms with van der Waals surface area (Å²) in [7, 11) is 0. The Morgan fingerprint density at radius 2 is 1.85 bits per heavy atom. The maximum Gasteiger partial charge on any atom is 0.0613 e. The summed E-state index contributed by atoms with van der Waals surface area (Å²) >= 11 is 0. The summed E-state index contributed by atoms with van der Waals surface area (Å²) in [4.78, 5) is 0. The molecule has 4 fully saturated rings. The van der Waals surface area contributed by atoms with Crippen LogP contribution in [0.3, 0.4) is 0 Å². The Kier molecular flexibility index (Phi) is 6.60. The first-order valence-corrected chi connectivity index (χ1v) is 14.5. The van der Waals surface area contributed by atoms with E-state index in [4.69, 9.17) is 9.47 Å². The van der Waals surface area contributed by atoms with Gasteiger partial charge in [-0.25, -0.2) is 0 Å². The van der Waals surface area contributed by atoms with Gasteiger partial charge in [-0.15, -0.1) is 0 Å². The first-order valence-electron chi connectivity index (χ1n) is 14.5. The lowest BCUT2D eigenvalue weighted by molar-refractivity contribution is -0.153. The molecule has 3 nitrogen and oxygen atoms in total. The Morgan fingerprint density at radius 1 is 1.09 bits per heavy atom. The highest BCUT2D eigenvalue weighted by Gasteiger charge is 2.59. The van der Waals surface area contributed by atoms with E-state index in [0.717, 1.165) is 62.3 Å². The highest BCUT2D eigenvalue weighted by atomic mass is 16.5. The van der Waals surface area contributed by atoms with Gasteiger partial charge in [0.25, 0.3) is 0 Å². The molecule has 4 aliphatic carbocycles. The van der Waals surface area contributed by atoms with E-state index in [9.17, 15) is 5.11 Å². The summed E-state index contributed by atoms with van der Waals surface area (Å²) in [5.41, 5.74) is 2.36. The first-order chi connectivity index (χ1) is 15.9. The fourth-order valence-corrected chi connectivity index (χ4v) is 9.38. The van der Waals surface area contributed by atoms with Crippen LogP contribution in [0.2, 0.25) is 0 Å². The van der Waals surface area contributed by atoms with Crippen molar-refractivity contribution in [2.45, 2.75) is 117 Å². The van der Waals surface area contributed by atoms with Gasteiger partial charge in [0.15, 0.2) is 0 Å². The zero-order chi connectivity index (χ0) is 24.4. The van der Waals surface area contributed by atoms with Crippen LogP contribution in [0.1, 0.15) is 106 Å². The van der Waals surface area contributed by atoms with Crippen molar-refractivity contribution in [2.75, 3.05) is 19.8 Å². The summed E-state index contributed by atoms with van der Waals surface area (Å²) < 4.78 is 11.9. The normalized spacial score (nSPS) is 44.3. The summed E-state index contributed by atoms with van der Waals surface area (Å²) in [6.07, 6.45) is 15.9. The van der Waals surface area contributed by atoms with Gasteiger partial charge >= 0.3 is 0 Å². The van der Waals surface area contributed by atoms with Crippen molar-refractivity contribution in [1.82, 2.24) is 0 Å². The fraction of sp³-hybridized carbons (Fsp3) is 0.935. The summed E-state index contributed by atoms with van der Waals surface area (Å²) in [6, 6.07) is 0. The third-order valence-corrected chi connectivity index (χ3v) is 11.6. The van der Waals surface area contributed by atoms with E-state index >= 15 is 0 Å². The van der Waals surface area contributed by atoms with Crippen LogP contribution >= 0.6 is 0 Å². The number of rotatable bonds is 7. The van der Waals surface area contributed by atoms with E-state index < -0.39 is 5.60 Å². The number of ether oxygens (including phenoxy) is 2. The molecule has 0 aromatic rings. The highest BCUT2D eigenvalue weighted by molar-refractivity contribution is 5.25. The minimum atomic E-state index is -0.532. The quantitative estimate of drug-likeness (QED) is 0.399. The van der Waals surface area contributed by atoms with Crippen LogP contribution in [0, 0.1) is 45.8 Å². The van der Waals surface area contributed by atoms with Crippen LogP contribution in [0.5, 0.6) is 0 Å². The molecule has 7 unspecified atom stereocenters. The number of fused-ring (bicyclic) bond motifs is 5. The monoisotopic (exact) mass is 472 g/mol. The Labute approximate surface area is 209 Å². The molecule has 5 rings (SSSR count). The lowest BCUT2D eigenvalue weighted by Crippen LogP contribution is -2.51. The zero-order valence-electron chi connectivity index (χ0n) is 23.0. The molecular formula is C31H52O3. The predicted molar refractivity (Wildman–Crippen MR) is 139 cm³/mol. The Morgan fingerprint density at radius 3 is 2.53 bits per heavy atom. The summed E-state index contributed by atoms with van der Waals surface area (Å²) in [5.74, 6) is 4.19. The topological polar surface area (TPSA) is 38.7 Å². The standard InChI is InChI=1S/C31H52O3/c1-21(11-14-28(2,3)32)25-9-10-26-24-8-7-22-17-23(34-20-29(4)18-33-19-29)12-15-30(22,5)27(24)13-16-31(25,26)6/h7,21,23-27,32H,8-20H2,1-6H3/t21-,23?,24?,25?,26?,27?,30?,31?/m1/s1. The molecule has 5 aliphatic rings. The van der Waals surface area contributed by atoms with Crippen molar-refractivity contribution in [2.24, 2.45) is 45.8 Å². The van der Waals surface area contributed by atoms with Gasteiger partial charge in [0, 0.05) is 5.41 Å². The van der Waals surface area contributed by atoms with Crippen molar-refractivity contribution in [1.29, 1.82) is 0 Å². The second-order valence-electron chi connectivity index (χ2n) is 14.8. The van der Waals surface area contributed by atoms with E-state index in [1.807, 2.05) is 13.8 Å². The Hall–Kier alpha value is -0.380. The van der Waals surface area contributed by atoms with Crippen LogP contribution in [-0.2, 0) is 9.47 Å². The molecule has 194 valence electrons. The average Bonchev–Trinajstić information content (AvgIpc) is 3.11. The van der Waals surface area contributed by atoms with Crippen molar-refractivity contribution >= 4 is 0 Å². The van der Waals surface area contributed by atoms with Gasteiger partial charge in [-0.2, -0.15) is 0 Å². The van der Waals surface area contributed by atoms with Crippen LogP contribution in [0.15, 0.2) is 11.6 Å². The molecule has 1 heterocycles. The van der Waals surface area contributed by atoms with E-state index in [-0.39, 0.29) is 5.41 Å². The fourth-order valence-electron chi connectivity index (χ4n) is 9.38. The molecule has 0 amide bonds. The summed E-state index contributed by atoms with van der Waals surface area (Å²) in [6.45, 7) is 16.6. The lowest BCUT2D eigenvalue weighted by Gasteiger charge is -2.58. The van der Waals surface area contributed by atoms with Gasteiger partial charge in [-0.05, 0) is 118 Å². The molecule has 8 atom stereocenters. The van der Waals surface area contributed by atoms with Gasteiger partial charge in [-0.3, -0.25) is 0 Å². The molecule has 0 bridgehead atoms. The predicted octanol–water partition coefficient (Wildman–Crippen LogP) is 7.17. The highest BCUT2D eigenvalue weighted by Crippen LogP contribution is 2.67. The largest absolute Gasteiger partial charge is 0.390 e. The SMILES string of the molecule is C[C@H](CCC(C)(C)O)C1CCC2C3CC=C4CC(OCC5(C)COC5)CCC4(C)C3CCC21C. The number of aliphatic hydroxyl groups is 1. The summed E-state index contributed by atoms with van der Waals surface area (Å²) in [5, 5.41) is 10.3. The number of hydrogen-bond acceptors (Lipinski definition) is 3. The molecule has 3 heteroatoms. The maximum absolute atomic E-state index is 10.3. The van der Waals surface area contributed by atoms with Crippen molar-refractivity contribution in [3.63, 3.8) is 0 Å². The number of hydrogen-bond donors (Lipinski definition) is 1. The maximum atomic E-state index is 10.3. The van der Waals surface area contributed by atoms with E-state index in [2.05, 4.69) is 33.8 Å². The molecule has 1 aliphatic heterocycles. The third-order valence-electron chi connectivity index (χ3n) is 11.6. The first kappa shape index (κ1) is 25.3. The second kappa shape index (κ2) is 8.88. The third kappa shape index (κ3) is 4.45. The molecule has 0 spiro atoms. The van der Waals surface area contributed by atoms with Crippen LogP contribution in [-0.4, -0.2) is 36.6 Å². The van der Waals surface area contributed by atoms with Crippen molar-refractivity contribution in [3.8, 4) is 0 Å². The van der Waals surface area contributed by atoms with E-state index in [1.54, 1.807) is 5.57 Å². The molecule has 0 aromatic heterocycles. The zero-order valence-corrected chi connectivity index (χ0v) is 23.0. The Bertz CT molecular complexity index is 776. The van der Waals surface area contributed by atoms with E-state index in [0.29, 0.717) is 16.9 Å². The van der Waals surface area contributed by atoms with Crippen LogP contribution < -0.4 is 0 Å². The van der Waals surface area contributed by atoms with Gasteiger partial charge in [0.1, 0.15) is 0 Å². The molecular weight excluding hydrogens is 420 g/mol. The van der Waals surface area contributed by atoms with Crippen LogP contribution in [0.4, 0.5) is 0 Å². The molecule has 3 saturated carbocycles. The number of allylic oxidation sites excluding steroid dienone is 1. The lowest BCUT2D eigenvalue weighted by atomic mass is 9.47.